The van der Waals surface area contributed by atoms with E-state index >= 15 is 0 Å². The topological polar surface area (TPSA) is 85.6 Å². The van der Waals surface area contributed by atoms with Crippen molar-refractivity contribution < 1.29 is 4.79 Å². The molecule has 2 aromatic carbocycles. The van der Waals surface area contributed by atoms with E-state index in [1.165, 1.54) is 29.4 Å². The first-order chi connectivity index (χ1) is 15.7. The Hall–Kier alpha value is -3.27. The van der Waals surface area contributed by atoms with Crippen molar-refractivity contribution in [2.24, 2.45) is 0 Å². The molecule has 3 heterocycles. The van der Waals surface area contributed by atoms with E-state index < -0.39 is 0 Å². The lowest BCUT2D eigenvalue weighted by Gasteiger charge is -2.04. The lowest BCUT2D eigenvalue weighted by atomic mass is 10.2. The van der Waals surface area contributed by atoms with Crippen molar-refractivity contribution in [3.63, 3.8) is 0 Å². The van der Waals surface area contributed by atoms with Gasteiger partial charge in [0.1, 0.15) is 11.4 Å². The third kappa shape index (κ3) is 4.36. The summed E-state index contributed by atoms with van der Waals surface area (Å²) in [6.45, 7) is 0. The number of hydrogen-bond acceptors (Lipinski definition) is 7. The Labute approximate surface area is 196 Å². The Morgan fingerprint density at radius 3 is 2.72 bits per heavy atom. The van der Waals surface area contributed by atoms with Crippen LogP contribution in [0, 0.1) is 0 Å². The fourth-order valence-electron chi connectivity index (χ4n) is 3.07. The summed E-state index contributed by atoms with van der Waals surface area (Å²) in [6, 6.07) is 17.2. The number of rotatable bonds is 6. The summed E-state index contributed by atoms with van der Waals surface area (Å²) in [5.74, 6) is 0.0409. The predicted molar refractivity (Wildman–Crippen MR) is 129 cm³/mol. The van der Waals surface area contributed by atoms with Gasteiger partial charge in [0, 0.05) is 16.0 Å². The fraction of sp³-hybridized carbons (Fsp3) is 0.0455. The molecule has 7 nitrogen and oxygen atoms in total. The molecule has 0 radical (unpaired) electrons. The van der Waals surface area contributed by atoms with E-state index in [2.05, 4.69) is 25.4 Å². The van der Waals surface area contributed by atoms with Gasteiger partial charge in [-0.3, -0.25) is 4.79 Å². The molecule has 5 aromatic rings. The molecule has 5 rings (SSSR count). The number of thioether (sulfide) groups is 1. The van der Waals surface area contributed by atoms with Crippen molar-refractivity contribution in [2.45, 2.75) is 5.03 Å². The minimum atomic E-state index is -0.152. The molecule has 0 atom stereocenters. The number of nitrogens with zero attached hydrogens (tertiary/aromatic N) is 5. The second-order valence-corrected chi connectivity index (χ2v) is 8.95. The summed E-state index contributed by atoms with van der Waals surface area (Å²) in [5.41, 5.74) is 3.36. The zero-order valence-corrected chi connectivity index (χ0v) is 18.9. The number of nitrogens with one attached hydrogen (secondary N) is 1. The Morgan fingerprint density at radius 2 is 1.91 bits per heavy atom. The van der Waals surface area contributed by atoms with Crippen LogP contribution in [0.3, 0.4) is 0 Å². The smallest absolute Gasteiger partial charge is 0.236 e. The largest absolute Gasteiger partial charge is 0.301 e. The number of carbonyl (C=O) groups excluding carboxylic acids is 1. The molecule has 0 spiro atoms. The molecule has 158 valence electrons. The second-order valence-electron chi connectivity index (χ2n) is 6.69. The van der Waals surface area contributed by atoms with Gasteiger partial charge < -0.3 is 5.32 Å². The molecule has 0 aliphatic heterocycles. The van der Waals surface area contributed by atoms with Crippen LogP contribution >= 0.6 is 34.7 Å². The maximum absolute atomic E-state index is 12.5. The van der Waals surface area contributed by atoms with Crippen molar-refractivity contribution in [1.29, 1.82) is 0 Å². The van der Waals surface area contributed by atoms with Gasteiger partial charge in [-0.25, -0.2) is 19.6 Å². The van der Waals surface area contributed by atoms with E-state index in [4.69, 9.17) is 11.6 Å². The number of halogens is 1. The summed E-state index contributed by atoms with van der Waals surface area (Å²) in [6.07, 6.45) is 3.18. The maximum atomic E-state index is 12.5. The maximum Gasteiger partial charge on any atom is 0.236 e. The summed E-state index contributed by atoms with van der Waals surface area (Å²) in [7, 11) is 0. The third-order valence-corrected chi connectivity index (χ3v) is 6.58. The van der Waals surface area contributed by atoms with Crippen LogP contribution in [0.25, 0.3) is 28.0 Å². The van der Waals surface area contributed by atoms with Gasteiger partial charge in [0.2, 0.25) is 5.91 Å². The van der Waals surface area contributed by atoms with E-state index in [1.807, 2.05) is 47.8 Å². The SMILES string of the molecule is O=C(CSc1ncnc2c1cnn2-c1ccc(Cl)cc1)Nc1nc(-c2ccccc2)cs1. The molecule has 0 saturated heterocycles. The first-order valence-corrected chi connectivity index (χ1v) is 11.8. The predicted octanol–water partition coefficient (Wildman–Crippen LogP) is 5.32. The van der Waals surface area contributed by atoms with Gasteiger partial charge in [-0.05, 0) is 24.3 Å². The number of carbonyl (C=O) groups is 1. The molecular formula is C22H15ClN6OS2. The molecule has 32 heavy (non-hydrogen) atoms. The molecule has 0 unspecified atom stereocenters. The second kappa shape index (κ2) is 9.07. The summed E-state index contributed by atoms with van der Waals surface area (Å²) >= 11 is 8.71. The summed E-state index contributed by atoms with van der Waals surface area (Å²) < 4.78 is 1.72. The number of benzene rings is 2. The van der Waals surface area contributed by atoms with Crippen molar-refractivity contribution >= 4 is 56.8 Å². The monoisotopic (exact) mass is 478 g/mol. The van der Waals surface area contributed by atoms with E-state index in [-0.39, 0.29) is 11.7 Å². The van der Waals surface area contributed by atoms with Crippen molar-refractivity contribution in [2.75, 3.05) is 11.1 Å². The minimum Gasteiger partial charge on any atom is -0.301 e. The van der Waals surface area contributed by atoms with Crippen molar-refractivity contribution in [3.8, 4) is 16.9 Å². The van der Waals surface area contributed by atoms with Gasteiger partial charge in [0.15, 0.2) is 10.8 Å². The van der Waals surface area contributed by atoms with Crippen LogP contribution in [-0.4, -0.2) is 36.4 Å². The first-order valence-electron chi connectivity index (χ1n) is 9.55. The zero-order chi connectivity index (χ0) is 21.9. The zero-order valence-electron chi connectivity index (χ0n) is 16.5. The Bertz CT molecular complexity index is 1380. The lowest BCUT2D eigenvalue weighted by molar-refractivity contribution is -0.113. The molecule has 10 heteroatoms. The minimum absolute atomic E-state index is 0.152. The molecule has 0 aliphatic carbocycles. The number of aromatic nitrogens is 5. The standard InChI is InChI=1S/C22H15ClN6OS2/c23-15-6-8-16(9-7-15)29-20-17(10-26-29)21(25-13-24-20)31-12-19(30)28-22-27-18(11-32-22)14-4-2-1-3-5-14/h1-11,13H,12H2,(H,27,28,30). The van der Waals surface area contributed by atoms with Crippen LogP contribution in [0.15, 0.2) is 77.5 Å². The molecular weight excluding hydrogens is 464 g/mol. The van der Waals surface area contributed by atoms with Crippen LogP contribution < -0.4 is 5.32 Å². The van der Waals surface area contributed by atoms with Gasteiger partial charge in [-0.2, -0.15) is 5.10 Å². The van der Waals surface area contributed by atoms with Gasteiger partial charge in [-0.15, -0.1) is 11.3 Å². The van der Waals surface area contributed by atoms with Crippen LogP contribution in [-0.2, 0) is 4.79 Å². The highest BCUT2D eigenvalue weighted by molar-refractivity contribution is 8.00. The lowest BCUT2D eigenvalue weighted by Crippen LogP contribution is -2.14. The normalized spacial score (nSPS) is 11.0. The molecule has 1 N–H and O–H groups in total. The van der Waals surface area contributed by atoms with E-state index in [0.29, 0.717) is 20.8 Å². The van der Waals surface area contributed by atoms with E-state index in [1.54, 1.807) is 23.0 Å². The Balaban J connectivity index is 1.28. The summed E-state index contributed by atoms with van der Waals surface area (Å²) in [5, 5.41) is 11.9. The van der Waals surface area contributed by atoms with Crippen LogP contribution in [0.1, 0.15) is 0 Å². The first kappa shape index (κ1) is 20.6. The fourth-order valence-corrected chi connectivity index (χ4v) is 4.69. The molecule has 3 aromatic heterocycles. The molecule has 0 bridgehead atoms. The highest BCUT2D eigenvalue weighted by atomic mass is 35.5. The highest BCUT2D eigenvalue weighted by Gasteiger charge is 2.14. The number of fused-ring (bicyclic) bond motifs is 1. The van der Waals surface area contributed by atoms with Crippen LogP contribution in [0.2, 0.25) is 5.02 Å². The molecule has 0 saturated carbocycles. The average Bonchev–Trinajstić information content (AvgIpc) is 3.46. The van der Waals surface area contributed by atoms with Crippen LogP contribution in [0.5, 0.6) is 0 Å². The quantitative estimate of drug-likeness (QED) is 0.262. The number of amides is 1. The molecule has 0 aliphatic rings. The molecule has 0 fully saturated rings. The number of thiazole rings is 1. The number of hydrogen-bond donors (Lipinski definition) is 1. The van der Waals surface area contributed by atoms with Gasteiger partial charge in [-0.1, -0.05) is 53.7 Å². The Kier molecular flexibility index (Phi) is 5.85. The average molecular weight is 479 g/mol. The number of anilines is 1. The van der Waals surface area contributed by atoms with Gasteiger partial charge in [0.05, 0.1) is 28.7 Å². The summed E-state index contributed by atoms with van der Waals surface area (Å²) in [4.78, 5) is 25.7. The molecule has 1 amide bonds. The van der Waals surface area contributed by atoms with E-state index in [9.17, 15) is 4.79 Å². The third-order valence-electron chi connectivity index (χ3n) is 4.56. The van der Waals surface area contributed by atoms with E-state index in [0.717, 1.165) is 22.3 Å². The van der Waals surface area contributed by atoms with Crippen molar-refractivity contribution in [1.82, 2.24) is 24.7 Å². The van der Waals surface area contributed by atoms with Gasteiger partial charge >= 0.3 is 0 Å². The Morgan fingerprint density at radius 1 is 1.09 bits per heavy atom. The van der Waals surface area contributed by atoms with Crippen LogP contribution in [0.4, 0.5) is 5.13 Å². The highest BCUT2D eigenvalue weighted by Crippen LogP contribution is 2.27. The van der Waals surface area contributed by atoms with Gasteiger partial charge in [0.25, 0.3) is 0 Å². The van der Waals surface area contributed by atoms with Crippen molar-refractivity contribution in [3.05, 3.63) is 77.5 Å².